The van der Waals surface area contributed by atoms with Crippen LogP contribution >= 0.6 is 0 Å². The van der Waals surface area contributed by atoms with Crippen LogP contribution in [0.5, 0.6) is 5.75 Å². The van der Waals surface area contributed by atoms with Gasteiger partial charge in [0.05, 0.1) is 12.5 Å². The highest BCUT2D eigenvalue weighted by Crippen LogP contribution is 2.35. The molecule has 21 heavy (non-hydrogen) atoms. The van der Waals surface area contributed by atoms with E-state index in [-0.39, 0.29) is 11.8 Å². The standard InChI is InChI=1S/C17H24N2O2/c18-9-7-13-4-3-10-19(12-13)17(20)15-8-11-21-16-6-2-1-5-14(15)16/h1-2,5-6,13,15H,3-4,7-12,18H2. The van der Waals surface area contributed by atoms with E-state index in [1.54, 1.807) is 0 Å². The summed E-state index contributed by atoms with van der Waals surface area (Å²) in [4.78, 5) is 15.0. The first kappa shape index (κ1) is 14.4. The van der Waals surface area contributed by atoms with Gasteiger partial charge in [0, 0.05) is 18.7 Å². The first-order chi connectivity index (χ1) is 10.3. The molecule has 1 amide bonds. The number of benzene rings is 1. The van der Waals surface area contributed by atoms with Crippen molar-refractivity contribution < 1.29 is 9.53 Å². The predicted molar refractivity (Wildman–Crippen MR) is 82.3 cm³/mol. The van der Waals surface area contributed by atoms with E-state index >= 15 is 0 Å². The molecule has 2 atom stereocenters. The van der Waals surface area contributed by atoms with Crippen molar-refractivity contribution in [2.24, 2.45) is 11.7 Å². The number of para-hydroxylation sites is 1. The van der Waals surface area contributed by atoms with Crippen LogP contribution < -0.4 is 10.5 Å². The molecule has 2 N–H and O–H groups in total. The van der Waals surface area contributed by atoms with Gasteiger partial charge in [0.2, 0.25) is 5.91 Å². The van der Waals surface area contributed by atoms with E-state index in [9.17, 15) is 4.79 Å². The smallest absolute Gasteiger partial charge is 0.230 e. The number of nitrogens with zero attached hydrogens (tertiary/aromatic N) is 1. The van der Waals surface area contributed by atoms with E-state index < -0.39 is 0 Å². The highest BCUT2D eigenvalue weighted by Gasteiger charge is 2.32. The molecular weight excluding hydrogens is 264 g/mol. The number of fused-ring (bicyclic) bond motifs is 1. The minimum absolute atomic E-state index is 0.0356. The maximum Gasteiger partial charge on any atom is 0.230 e. The van der Waals surface area contributed by atoms with E-state index in [0.717, 1.165) is 43.7 Å². The molecule has 1 saturated heterocycles. The molecule has 1 aromatic rings. The van der Waals surface area contributed by atoms with Gasteiger partial charge in [-0.25, -0.2) is 0 Å². The van der Waals surface area contributed by atoms with Crippen molar-refractivity contribution in [2.45, 2.75) is 31.6 Å². The lowest BCUT2D eigenvalue weighted by atomic mass is 9.89. The molecule has 4 nitrogen and oxygen atoms in total. The Bertz CT molecular complexity index is 501. The van der Waals surface area contributed by atoms with Crippen LogP contribution in [0.3, 0.4) is 0 Å². The third kappa shape index (κ3) is 3.05. The Morgan fingerprint density at radius 2 is 2.19 bits per heavy atom. The number of amides is 1. The molecular formula is C17H24N2O2. The summed E-state index contributed by atoms with van der Waals surface area (Å²) in [6, 6.07) is 7.94. The van der Waals surface area contributed by atoms with Gasteiger partial charge in [0.25, 0.3) is 0 Å². The van der Waals surface area contributed by atoms with Crippen LogP contribution in [0.25, 0.3) is 0 Å². The second-order valence-corrected chi connectivity index (χ2v) is 6.10. The number of ether oxygens (including phenoxy) is 1. The average Bonchev–Trinajstić information content (AvgIpc) is 2.54. The Morgan fingerprint density at radius 3 is 3.05 bits per heavy atom. The zero-order valence-electron chi connectivity index (χ0n) is 12.5. The quantitative estimate of drug-likeness (QED) is 0.927. The van der Waals surface area contributed by atoms with Crippen LogP contribution in [0.2, 0.25) is 0 Å². The summed E-state index contributed by atoms with van der Waals surface area (Å²) in [7, 11) is 0. The first-order valence-corrected chi connectivity index (χ1v) is 8.00. The van der Waals surface area contributed by atoms with Crippen LogP contribution in [0.1, 0.15) is 37.2 Å². The molecule has 0 saturated carbocycles. The van der Waals surface area contributed by atoms with Gasteiger partial charge in [-0.3, -0.25) is 4.79 Å². The minimum Gasteiger partial charge on any atom is -0.493 e. The van der Waals surface area contributed by atoms with Crippen LogP contribution in [0.4, 0.5) is 0 Å². The van der Waals surface area contributed by atoms with Gasteiger partial charge in [0.1, 0.15) is 5.75 Å². The molecule has 2 unspecified atom stereocenters. The van der Waals surface area contributed by atoms with Crippen LogP contribution in [-0.2, 0) is 4.79 Å². The minimum atomic E-state index is -0.0356. The summed E-state index contributed by atoms with van der Waals surface area (Å²) in [5.41, 5.74) is 6.72. The summed E-state index contributed by atoms with van der Waals surface area (Å²) in [5.74, 6) is 1.68. The molecule has 0 aromatic heterocycles. The lowest BCUT2D eigenvalue weighted by Gasteiger charge is -2.36. The van der Waals surface area contributed by atoms with Crippen molar-refractivity contribution in [1.29, 1.82) is 0 Å². The second-order valence-electron chi connectivity index (χ2n) is 6.10. The van der Waals surface area contributed by atoms with Gasteiger partial charge in [-0.1, -0.05) is 18.2 Å². The number of carbonyl (C=O) groups is 1. The first-order valence-electron chi connectivity index (χ1n) is 8.00. The number of piperidine rings is 1. The van der Waals surface area contributed by atoms with Crippen LogP contribution in [0, 0.1) is 5.92 Å². The van der Waals surface area contributed by atoms with Gasteiger partial charge in [0.15, 0.2) is 0 Å². The number of hydrogen-bond donors (Lipinski definition) is 1. The van der Waals surface area contributed by atoms with Gasteiger partial charge < -0.3 is 15.4 Å². The Balaban J connectivity index is 1.74. The van der Waals surface area contributed by atoms with Crippen molar-refractivity contribution in [2.75, 3.05) is 26.2 Å². The van der Waals surface area contributed by atoms with Gasteiger partial charge in [-0.05, 0) is 44.2 Å². The van der Waals surface area contributed by atoms with E-state index in [4.69, 9.17) is 10.5 Å². The topological polar surface area (TPSA) is 55.6 Å². The van der Waals surface area contributed by atoms with Gasteiger partial charge in [-0.2, -0.15) is 0 Å². The maximum absolute atomic E-state index is 12.9. The fourth-order valence-corrected chi connectivity index (χ4v) is 3.56. The van der Waals surface area contributed by atoms with E-state index in [2.05, 4.69) is 4.90 Å². The molecule has 0 spiro atoms. The summed E-state index contributed by atoms with van der Waals surface area (Å²) in [5, 5.41) is 0. The molecule has 0 bridgehead atoms. The summed E-state index contributed by atoms with van der Waals surface area (Å²) < 4.78 is 5.66. The molecule has 0 aliphatic carbocycles. The van der Waals surface area contributed by atoms with Crippen LogP contribution in [-0.4, -0.2) is 37.0 Å². The fourth-order valence-electron chi connectivity index (χ4n) is 3.56. The monoisotopic (exact) mass is 288 g/mol. The fraction of sp³-hybridized carbons (Fsp3) is 0.588. The normalized spacial score (nSPS) is 25.1. The Labute approximate surface area is 126 Å². The zero-order valence-corrected chi connectivity index (χ0v) is 12.5. The summed E-state index contributed by atoms with van der Waals surface area (Å²) >= 11 is 0. The molecule has 2 aliphatic rings. The van der Waals surface area contributed by atoms with Gasteiger partial charge >= 0.3 is 0 Å². The van der Waals surface area contributed by atoms with Crippen LogP contribution in [0.15, 0.2) is 24.3 Å². The molecule has 0 radical (unpaired) electrons. The SMILES string of the molecule is NCCC1CCCN(C(=O)C2CCOc3ccccc32)C1. The van der Waals surface area contributed by atoms with Crippen molar-refractivity contribution in [3.63, 3.8) is 0 Å². The summed E-state index contributed by atoms with van der Waals surface area (Å²) in [6.07, 6.45) is 4.11. The molecule has 114 valence electrons. The lowest BCUT2D eigenvalue weighted by Crippen LogP contribution is -2.43. The van der Waals surface area contributed by atoms with Gasteiger partial charge in [-0.15, -0.1) is 0 Å². The second kappa shape index (κ2) is 6.48. The Morgan fingerprint density at radius 1 is 1.33 bits per heavy atom. The lowest BCUT2D eigenvalue weighted by molar-refractivity contribution is -0.135. The van der Waals surface area contributed by atoms with E-state index in [1.807, 2.05) is 24.3 Å². The van der Waals surface area contributed by atoms with Crippen molar-refractivity contribution >= 4 is 5.91 Å². The largest absolute Gasteiger partial charge is 0.493 e. The zero-order chi connectivity index (χ0) is 14.7. The molecule has 1 fully saturated rings. The summed E-state index contributed by atoms with van der Waals surface area (Å²) in [6.45, 7) is 3.11. The molecule has 1 aromatic carbocycles. The number of carbonyl (C=O) groups excluding carboxylic acids is 1. The molecule has 3 rings (SSSR count). The third-order valence-corrected chi connectivity index (χ3v) is 4.66. The van der Waals surface area contributed by atoms with E-state index in [0.29, 0.717) is 19.1 Å². The molecule has 4 heteroatoms. The number of hydrogen-bond acceptors (Lipinski definition) is 3. The Kier molecular flexibility index (Phi) is 4.44. The number of likely N-dealkylation sites (tertiary alicyclic amines) is 1. The number of rotatable bonds is 3. The van der Waals surface area contributed by atoms with Crippen molar-refractivity contribution in [3.05, 3.63) is 29.8 Å². The van der Waals surface area contributed by atoms with Crippen molar-refractivity contribution in [3.8, 4) is 5.75 Å². The molecule has 2 heterocycles. The molecule has 2 aliphatic heterocycles. The average molecular weight is 288 g/mol. The highest BCUT2D eigenvalue weighted by atomic mass is 16.5. The van der Waals surface area contributed by atoms with E-state index in [1.165, 1.54) is 6.42 Å². The third-order valence-electron chi connectivity index (χ3n) is 4.66. The predicted octanol–water partition coefficient (Wildman–Crippen LogP) is 2.14. The highest BCUT2D eigenvalue weighted by molar-refractivity contribution is 5.85. The maximum atomic E-state index is 12.9. The van der Waals surface area contributed by atoms with Crippen molar-refractivity contribution in [1.82, 2.24) is 4.90 Å². The number of nitrogens with two attached hydrogens (primary N) is 1. The Hall–Kier alpha value is -1.55.